The standard InChI is InChI=1S/C14H9Br2N3O/c1-19-13(10(16)7-17-19)14(20)12-9(15)6-8-4-2-3-5-11(8)18-12/h2-7H,1H3. The van der Waals surface area contributed by atoms with Gasteiger partial charge in [0.25, 0.3) is 0 Å². The minimum Gasteiger partial charge on any atom is -0.285 e. The average Bonchev–Trinajstić information content (AvgIpc) is 2.76. The third kappa shape index (κ3) is 2.19. The van der Waals surface area contributed by atoms with Crippen LogP contribution in [0.15, 0.2) is 45.5 Å². The lowest BCUT2D eigenvalue weighted by molar-refractivity contribution is 0.102. The van der Waals surface area contributed by atoms with Gasteiger partial charge in [-0.05, 0) is 44.0 Å². The van der Waals surface area contributed by atoms with Gasteiger partial charge in [0, 0.05) is 16.9 Å². The Labute approximate surface area is 132 Å². The number of aryl methyl sites for hydroxylation is 1. The number of carbonyl (C=O) groups is 1. The van der Waals surface area contributed by atoms with Crippen LogP contribution in [0.3, 0.4) is 0 Å². The second-order valence-electron chi connectivity index (χ2n) is 4.31. The molecule has 3 aromatic rings. The van der Waals surface area contributed by atoms with Crippen LogP contribution in [0.5, 0.6) is 0 Å². The van der Waals surface area contributed by atoms with Crippen molar-refractivity contribution >= 4 is 48.5 Å². The molecule has 100 valence electrons. The van der Waals surface area contributed by atoms with Gasteiger partial charge in [-0.1, -0.05) is 18.2 Å². The second kappa shape index (κ2) is 5.10. The predicted octanol–water partition coefficient (Wildman–Crippen LogP) is 3.72. The van der Waals surface area contributed by atoms with Crippen molar-refractivity contribution in [3.05, 3.63) is 56.9 Å². The van der Waals surface area contributed by atoms with E-state index in [0.29, 0.717) is 20.3 Å². The van der Waals surface area contributed by atoms with E-state index in [4.69, 9.17) is 0 Å². The molecule has 0 aliphatic rings. The summed E-state index contributed by atoms with van der Waals surface area (Å²) >= 11 is 6.77. The molecule has 0 spiro atoms. The summed E-state index contributed by atoms with van der Waals surface area (Å²) in [5.41, 5.74) is 1.65. The van der Waals surface area contributed by atoms with Crippen LogP contribution in [-0.2, 0) is 7.05 Å². The number of para-hydroxylation sites is 1. The van der Waals surface area contributed by atoms with Gasteiger partial charge in [0.15, 0.2) is 0 Å². The van der Waals surface area contributed by atoms with Gasteiger partial charge in [-0.3, -0.25) is 9.48 Å². The van der Waals surface area contributed by atoms with E-state index in [2.05, 4.69) is 41.9 Å². The van der Waals surface area contributed by atoms with Crippen LogP contribution < -0.4 is 0 Å². The lowest BCUT2D eigenvalue weighted by Gasteiger charge is -2.06. The fraction of sp³-hybridized carbons (Fsp3) is 0.0714. The van der Waals surface area contributed by atoms with E-state index in [9.17, 15) is 4.79 Å². The first-order valence-corrected chi connectivity index (χ1v) is 7.44. The quantitative estimate of drug-likeness (QED) is 0.622. The molecule has 0 amide bonds. The number of ketones is 1. The normalized spacial score (nSPS) is 10.9. The summed E-state index contributed by atoms with van der Waals surface area (Å²) in [7, 11) is 1.73. The smallest absolute Gasteiger partial charge is 0.231 e. The Morgan fingerprint density at radius 1 is 1.20 bits per heavy atom. The highest BCUT2D eigenvalue weighted by Gasteiger charge is 2.21. The molecule has 2 heterocycles. The predicted molar refractivity (Wildman–Crippen MR) is 83.8 cm³/mol. The number of halogens is 2. The average molecular weight is 395 g/mol. The van der Waals surface area contributed by atoms with Crippen molar-refractivity contribution in [1.29, 1.82) is 0 Å². The van der Waals surface area contributed by atoms with Gasteiger partial charge >= 0.3 is 0 Å². The Morgan fingerprint density at radius 2 is 1.95 bits per heavy atom. The zero-order valence-electron chi connectivity index (χ0n) is 10.5. The van der Waals surface area contributed by atoms with Gasteiger partial charge in [0.2, 0.25) is 5.78 Å². The van der Waals surface area contributed by atoms with Crippen LogP contribution >= 0.6 is 31.9 Å². The van der Waals surface area contributed by atoms with Crippen molar-refractivity contribution in [2.45, 2.75) is 0 Å². The molecular weight excluding hydrogens is 386 g/mol. The van der Waals surface area contributed by atoms with Gasteiger partial charge in [0.1, 0.15) is 11.4 Å². The molecule has 0 saturated heterocycles. The fourth-order valence-electron chi connectivity index (χ4n) is 2.03. The number of hydrogen-bond acceptors (Lipinski definition) is 3. The number of benzene rings is 1. The highest BCUT2D eigenvalue weighted by molar-refractivity contribution is 9.10. The maximum Gasteiger partial charge on any atom is 0.231 e. The van der Waals surface area contributed by atoms with Gasteiger partial charge in [-0.2, -0.15) is 5.10 Å². The first-order chi connectivity index (χ1) is 9.58. The Kier molecular flexibility index (Phi) is 3.43. The number of hydrogen-bond donors (Lipinski definition) is 0. The van der Waals surface area contributed by atoms with Gasteiger partial charge in [0.05, 0.1) is 16.2 Å². The molecular formula is C14H9Br2N3O. The molecule has 0 atom stereocenters. The minimum absolute atomic E-state index is 0.172. The number of fused-ring (bicyclic) bond motifs is 1. The Morgan fingerprint density at radius 3 is 2.65 bits per heavy atom. The van der Waals surface area contributed by atoms with Crippen LogP contribution in [0.4, 0.5) is 0 Å². The molecule has 0 unspecified atom stereocenters. The summed E-state index contributed by atoms with van der Waals surface area (Å²) in [5.74, 6) is -0.172. The van der Waals surface area contributed by atoms with Gasteiger partial charge in [-0.15, -0.1) is 0 Å². The molecule has 0 N–H and O–H groups in total. The molecule has 0 fully saturated rings. The van der Waals surface area contributed by atoms with E-state index in [1.54, 1.807) is 13.2 Å². The highest BCUT2D eigenvalue weighted by atomic mass is 79.9. The molecule has 3 rings (SSSR count). The highest BCUT2D eigenvalue weighted by Crippen LogP contribution is 2.25. The monoisotopic (exact) mass is 393 g/mol. The van der Waals surface area contributed by atoms with Gasteiger partial charge in [-0.25, -0.2) is 4.98 Å². The third-order valence-corrected chi connectivity index (χ3v) is 4.19. The molecule has 0 saturated carbocycles. The van der Waals surface area contributed by atoms with Crippen LogP contribution in [0.25, 0.3) is 10.9 Å². The lowest BCUT2D eigenvalue weighted by atomic mass is 10.1. The van der Waals surface area contributed by atoms with E-state index in [1.165, 1.54) is 4.68 Å². The summed E-state index contributed by atoms with van der Waals surface area (Å²) in [5, 5.41) is 5.05. The van der Waals surface area contributed by atoms with E-state index in [1.807, 2.05) is 30.3 Å². The van der Waals surface area contributed by atoms with Crippen molar-refractivity contribution in [1.82, 2.24) is 14.8 Å². The molecule has 0 aliphatic heterocycles. The maximum atomic E-state index is 12.6. The zero-order valence-corrected chi connectivity index (χ0v) is 13.6. The molecule has 1 aromatic carbocycles. The van der Waals surface area contributed by atoms with Crippen molar-refractivity contribution in [2.24, 2.45) is 7.05 Å². The summed E-state index contributed by atoms with van der Waals surface area (Å²) < 4.78 is 2.87. The third-order valence-electron chi connectivity index (χ3n) is 3.00. The Hall–Kier alpha value is -1.53. The molecule has 6 heteroatoms. The summed E-state index contributed by atoms with van der Waals surface area (Å²) in [6, 6.07) is 9.59. The molecule has 20 heavy (non-hydrogen) atoms. The summed E-state index contributed by atoms with van der Waals surface area (Å²) in [6.45, 7) is 0. The largest absolute Gasteiger partial charge is 0.285 e. The molecule has 4 nitrogen and oxygen atoms in total. The van der Waals surface area contributed by atoms with Crippen LogP contribution in [0.2, 0.25) is 0 Å². The summed E-state index contributed by atoms with van der Waals surface area (Å²) in [4.78, 5) is 17.1. The minimum atomic E-state index is -0.172. The van der Waals surface area contributed by atoms with Crippen LogP contribution in [0.1, 0.15) is 16.2 Å². The number of nitrogens with zero attached hydrogens (tertiary/aromatic N) is 3. The van der Waals surface area contributed by atoms with E-state index in [-0.39, 0.29) is 5.78 Å². The fourth-order valence-corrected chi connectivity index (χ4v) is 3.07. The number of pyridine rings is 1. The topological polar surface area (TPSA) is 47.8 Å². The number of carbonyl (C=O) groups excluding carboxylic acids is 1. The molecule has 0 aliphatic carbocycles. The van der Waals surface area contributed by atoms with Crippen molar-refractivity contribution < 1.29 is 4.79 Å². The first-order valence-electron chi connectivity index (χ1n) is 5.85. The first kappa shape index (κ1) is 13.5. The van der Waals surface area contributed by atoms with Gasteiger partial charge < -0.3 is 0 Å². The van der Waals surface area contributed by atoms with E-state index < -0.39 is 0 Å². The zero-order chi connectivity index (χ0) is 14.3. The van der Waals surface area contributed by atoms with Crippen molar-refractivity contribution in [2.75, 3.05) is 0 Å². The summed E-state index contributed by atoms with van der Waals surface area (Å²) in [6.07, 6.45) is 1.60. The van der Waals surface area contributed by atoms with E-state index >= 15 is 0 Å². The van der Waals surface area contributed by atoms with Crippen LogP contribution in [-0.4, -0.2) is 20.5 Å². The van der Waals surface area contributed by atoms with E-state index in [0.717, 1.165) is 10.9 Å². The molecule has 0 bridgehead atoms. The van der Waals surface area contributed by atoms with Crippen molar-refractivity contribution in [3.8, 4) is 0 Å². The Balaban J connectivity index is 2.19. The number of rotatable bonds is 2. The van der Waals surface area contributed by atoms with Crippen molar-refractivity contribution in [3.63, 3.8) is 0 Å². The second-order valence-corrected chi connectivity index (χ2v) is 6.01. The lowest BCUT2D eigenvalue weighted by Crippen LogP contribution is -2.11. The van der Waals surface area contributed by atoms with Crippen LogP contribution in [0, 0.1) is 0 Å². The number of aromatic nitrogens is 3. The maximum absolute atomic E-state index is 12.6. The Bertz CT molecular complexity index is 807. The molecule has 2 aromatic heterocycles. The molecule has 0 radical (unpaired) electrons. The SMILES string of the molecule is Cn1ncc(Br)c1C(=O)c1nc2ccccc2cc1Br.